The molecule has 1 aliphatic heterocycles. The van der Waals surface area contributed by atoms with Crippen molar-refractivity contribution in [3.63, 3.8) is 0 Å². The average molecular weight is 385 g/mol. The summed E-state index contributed by atoms with van der Waals surface area (Å²) in [6.45, 7) is 6.67. The quantitative estimate of drug-likeness (QED) is 0.824. The first kappa shape index (κ1) is 19.9. The summed E-state index contributed by atoms with van der Waals surface area (Å²) in [5, 5.41) is 3.09. The van der Waals surface area contributed by atoms with E-state index in [9.17, 15) is 4.79 Å². The molecule has 28 heavy (non-hydrogen) atoms. The van der Waals surface area contributed by atoms with Crippen LogP contribution in [0.4, 0.5) is 5.82 Å². The van der Waals surface area contributed by atoms with Crippen molar-refractivity contribution in [3.05, 3.63) is 47.2 Å². The second kappa shape index (κ2) is 8.93. The number of benzene rings is 1. The summed E-state index contributed by atoms with van der Waals surface area (Å²) in [6, 6.07) is 7.21. The molecule has 2 aromatic rings. The highest BCUT2D eigenvalue weighted by Crippen LogP contribution is 2.33. The van der Waals surface area contributed by atoms with Gasteiger partial charge in [-0.15, -0.1) is 0 Å². The Morgan fingerprint density at radius 2 is 1.89 bits per heavy atom. The van der Waals surface area contributed by atoms with Crippen molar-refractivity contribution in [3.8, 4) is 11.5 Å². The number of pyridine rings is 1. The number of amides is 1. The second-order valence-corrected chi connectivity index (χ2v) is 6.73. The van der Waals surface area contributed by atoms with E-state index in [-0.39, 0.29) is 11.9 Å². The van der Waals surface area contributed by atoms with Gasteiger partial charge >= 0.3 is 0 Å². The Morgan fingerprint density at radius 3 is 2.57 bits per heavy atom. The first-order chi connectivity index (χ1) is 13.5. The van der Waals surface area contributed by atoms with E-state index in [4.69, 9.17) is 14.2 Å². The van der Waals surface area contributed by atoms with Crippen molar-refractivity contribution in [1.29, 1.82) is 0 Å². The van der Waals surface area contributed by atoms with E-state index in [1.807, 2.05) is 26.0 Å². The minimum absolute atomic E-state index is 0.156. The normalized spacial score (nSPS) is 15.1. The lowest BCUT2D eigenvalue weighted by Gasteiger charge is -2.29. The number of aromatic nitrogens is 1. The molecule has 0 saturated carbocycles. The highest BCUT2D eigenvalue weighted by atomic mass is 16.5. The molecular formula is C21H27N3O4. The van der Waals surface area contributed by atoms with Gasteiger partial charge in [-0.25, -0.2) is 4.98 Å². The van der Waals surface area contributed by atoms with Crippen LogP contribution in [-0.4, -0.2) is 51.4 Å². The number of nitrogens with one attached hydrogen (secondary N) is 1. The highest BCUT2D eigenvalue weighted by molar-refractivity contribution is 5.99. The fourth-order valence-electron chi connectivity index (χ4n) is 3.42. The number of morpholine rings is 1. The number of carbonyl (C=O) groups is 1. The van der Waals surface area contributed by atoms with E-state index in [1.54, 1.807) is 32.5 Å². The molecule has 0 radical (unpaired) electrons. The maximum Gasteiger partial charge on any atom is 0.255 e. The van der Waals surface area contributed by atoms with Gasteiger partial charge in [0.1, 0.15) is 5.82 Å². The third-order valence-corrected chi connectivity index (χ3v) is 4.93. The van der Waals surface area contributed by atoms with Crippen molar-refractivity contribution < 1.29 is 19.0 Å². The first-order valence-corrected chi connectivity index (χ1v) is 9.36. The third kappa shape index (κ3) is 4.20. The average Bonchev–Trinajstić information content (AvgIpc) is 2.73. The monoisotopic (exact) mass is 385 g/mol. The number of ether oxygens (including phenoxy) is 3. The van der Waals surface area contributed by atoms with Crippen LogP contribution >= 0.6 is 0 Å². The molecule has 1 fully saturated rings. The van der Waals surface area contributed by atoms with Crippen LogP contribution in [-0.2, 0) is 4.74 Å². The molecule has 1 aliphatic rings. The Kier molecular flexibility index (Phi) is 6.36. The molecule has 1 N–H and O–H groups in total. The molecule has 0 aliphatic carbocycles. The number of aryl methyl sites for hydroxylation is 1. The fourth-order valence-corrected chi connectivity index (χ4v) is 3.42. The Balaban J connectivity index is 1.82. The van der Waals surface area contributed by atoms with Crippen LogP contribution in [0.15, 0.2) is 30.5 Å². The summed E-state index contributed by atoms with van der Waals surface area (Å²) >= 11 is 0. The Labute approximate surface area is 165 Å². The highest BCUT2D eigenvalue weighted by Gasteiger charge is 2.22. The maximum absolute atomic E-state index is 13.0. The molecule has 7 heteroatoms. The summed E-state index contributed by atoms with van der Waals surface area (Å²) in [4.78, 5) is 19.5. The van der Waals surface area contributed by atoms with E-state index in [2.05, 4.69) is 15.2 Å². The molecule has 1 aromatic carbocycles. The SMILES string of the molecule is COc1cc(C)c([C@H](C)NC(=O)c2cccnc2N2CCOCC2)cc1OC. The van der Waals surface area contributed by atoms with Gasteiger partial charge in [-0.3, -0.25) is 4.79 Å². The lowest BCUT2D eigenvalue weighted by molar-refractivity contribution is 0.0938. The van der Waals surface area contributed by atoms with Gasteiger partial charge in [0.2, 0.25) is 0 Å². The predicted octanol–water partition coefficient (Wildman–Crippen LogP) is 2.73. The van der Waals surface area contributed by atoms with Crippen LogP contribution in [0, 0.1) is 6.92 Å². The molecule has 0 bridgehead atoms. The topological polar surface area (TPSA) is 72.9 Å². The molecule has 0 spiro atoms. The molecule has 1 amide bonds. The molecule has 0 unspecified atom stereocenters. The molecule has 2 heterocycles. The summed E-state index contributed by atoms with van der Waals surface area (Å²) in [5.74, 6) is 1.85. The zero-order valence-electron chi connectivity index (χ0n) is 16.8. The number of methoxy groups -OCH3 is 2. The molecule has 1 saturated heterocycles. The van der Waals surface area contributed by atoms with Crippen LogP contribution in [0.3, 0.4) is 0 Å². The molecular weight excluding hydrogens is 358 g/mol. The largest absolute Gasteiger partial charge is 0.493 e. The van der Waals surface area contributed by atoms with Gasteiger partial charge in [-0.05, 0) is 49.2 Å². The van der Waals surface area contributed by atoms with E-state index < -0.39 is 0 Å². The van der Waals surface area contributed by atoms with Gasteiger partial charge < -0.3 is 24.4 Å². The van der Waals surface area contributed by atoms with Crippen LogP contribution in [0.2, 0.25) is 0 Å². The van der Waals surface area contributed by atoms with Crippen molar-refractivity contribution in [1.82, 2.24) is 10.3 Å². The Bertz CT molecular complexity index is 834. The minimum Gasteiger partial charge on any atom is -0.493 e. The molecule has 1 atom stereocenters. The van der Waals surface area contributed by atoms with Gasteiger partial charge in [0.15, 0.2) is 11.5 Å². The molecule has 1 aromatic heterocycles. The van der Waals surface area contributed by atoms with Crippen molar-refractivity contribution >= 4 is 11.7 Å². The van der Waals surface area contributed by atoms with Gasteiger partial charge in [-0.1, -0.05) is 0 Å². The van der Waals surface area contributed by atoms with Gasteiger partial charge in [-0.2, -0.15) is 0 Å². The summed E-state index contributed by atoms with van der Waals surface area (Å²) in [6.07, 6.45) is 1.71. The summed E-state index contributed by atoms with van der Waals surface area (Å²) < 4.78 is 16.2. The number of anilines is 1. The number of carbonyl (C=O) groups excluding carboxylic acids is 1. The minimum atomic E-state index is -0.204. The number of nitrogens with zero attached hydrogens (tertiary/aromatic N) is 2. The Morgan fingerprint density at radius 1 is 1.21 bits per heavy atom. The molecule has 150 valence electrons. The molecule has 7 nitrogen and oxygen atoms in total. The number of hydrogen-bond acceptors (Lipinski definition) is 6. The standard InChI is InChI=1S/C21H27N3O4/c1-14-12-18(26-3)19(27-4)13-17(14)15(2)23-21(25)16-6-5-7-22-20(16)24-8-10-28-11-9-24/h5-7,12-13,15H,8-11H2,1-4H3,(H,23,25)/t15-/m0/s1. The van der Waals surface area contributed by atoms with Gasteiger partial charge in [0, 0.05) is 19.3 Å². The third-order valence-electron chi connectivity index (χ3n) is 4.93. The van der Waals surface area contributed by atoms with Crippen molar-refractivity contribution in [2.75, 3.05) is 45.4 Å². The zero-order valence-corrected chi connectivity index (χ0v) is 16.8. The summed E-state index contributed by atoms with van der Waals surface area (Å²) in [5.41, 5.74) is 2.56. The van der Waals surface area contributed by atoms with Gasteiger partial charge in [0.05, 0.1) is 39.0 Å². The molecule has 3 rings (SSSR count). The smallest absolute Gasteiger partial charge is 0.255 e. The Hall–Kier alpha value is -2.80. The van der Waals surface area contributed by atoms with E-state index in [0.29, 0.717) is 36.1 Å². The lowest BCUT2D eigenvalue weighted by Crippen LogP contribution is -2.38. The van der Waals surface area contributed by atoms with Crippen molar-refractivity contribution in [2.45, 2.75) is 19.9 Å². The number of hydrogen-bond donors (Lipinski definition) is 1. The van der Waals surface area contributed by atoms with Gasteiger partial charge in [0.25, 0.3) is 5.91 Å². The van der Waals surface area contributed by atoms with Crippen molar-refractivity contribution in [2.24, 2.45) is 0 Å². The van der Waals surface area contributed by atoms with Crippen LogP contribution in [0.1, 0.15) is 34.5 Å². The van der Waals surface area contributed by atoms with E-state index >= 15 is 0 Å². The predicted molar refractivity (Wildman–Crippen MR) is 107 cm³/mol. The second-order valence-electron chi connectivity index (χ2n) is 6.73. The zero-order chi connectivity index (χ0) is 20.1. The maximum atomic E-state index is 13.0. The van der Waals surface area contributed by atoms with Crippen LogP contribution < -0.4 is 19.7 Å². The van der Waals surface area contributed by atoms with E-state index in [0.717, 1.165) is 24.2 Å². The number of rotatable bonds is 6. The first-order valence-electron chi connectivity index (χ1n) is 9.36. The fraction of sp³-hybridized carbons (Fsp3) is 0.429. The van der Waals surface area contributed by atoms with E-state index in [1.165, 1.54) is 0 Å². The summed E-state index contributed by atoms with van der Waals surface area (Å²) in [7, 11) is 3.21. The van der Waals surface area contributed by atoms with Crippen LogP contribution in [0.25, 0.3) is 0 Å². The van der Waals surface area contributed by atoms with Crippen LogP contribution in [0.5, 0.6) is 11.5 Å². The lowest BCUT2D eigenvalue weighted by atomic mass is 10.0.